The highest BCUT2D eigenvalue weighted by Gasteiger charge is 2.09. The van der Waals surface area contributed by atoms with Crippen molar-refractivity contribution in [3.05, 3.63) is 35.6 Å². The maximum atomic E-state index is 13.3. The molecule has 0 aliphatic heterocycles. The van der Waals surface area contributed by atoms with Crippen molar-refractivity contribution in [1.29, 1.82) is 0 Å². The molecule has 0 amide bonds. The van der Waals surface area contributed by atoms with Crippen molar-refractivity contribution in [3.63, 3.8) is 0 Å². The summed E-state index contributed by atoms with van der Waals surface area (Å²) in [6, 6.07) is 6.61. The SMILES string of the molecule is CCCCC[C@@H](N)c1ccccc1F. The second-order valence-corrected chi connectivity index (χ2v) is 3.62. The van der Waals surface area contributed by atoms with E-state index in [0.717, 1.165) is 12.8 Å². The summed E-state index contributed by atoms with van der Waals surface area (Å²) in [4.78, 5) is 0. The fourth-order valence-corrected chi connectivity index (χ4v) is 1.55. The highest BCUT2D eigenvalue weighted by Crippen LogP contribution is 2.19. The second kappa shape index (κ2) is 5.76. The molecule has 0 aliphatic rings. The summed E-state index contributed by atoms with van der Waals surface area (Å²) in [6.45, 7) is 2.15. The lowest BCUT2D eigenvalue weighted by molar-refractivity contribution is 0.539. The monoisotopic (exact) mass is 195 g/mol. The van der Waals surface area contributed by atoms with E-state index in [9.17, 15) is 4.39 Å². The summed E-state index contributed by atoms with van der Waals surface area (Å²) in [5.41, 5.74) is 6.54. The van der Waals surface area contributed by atoms with Crippen molar-refractivity contribution in [2.75, 3.05) is 0 Å². The molecule has 1 atom stereocenters. The molecule has 0 unspecified atom stereocenters. The van der Waals surface area contributed by atoms with Crippen LogP contribution in [0.4, 0.5) is 4.39 Å². The summed E-state index contributed by atoms with van der Waals surface area (Å²) in [7, 11) is 0. The van der Waals surface area contributed by atoms with Gasteiger partial charge in [0.2, 0.25) is 0 Å². The quantitative estimate of drug-likeness (QED) is 0.716. The van der Waals surface area contributed by atoms with Gasteiger partial charge in [-0.05, 0) is 12.5 Å². The third kappa shape index (κ3) is 3.11. The zero-order chi connectivity index (χ0) is 10.4. The standard InChI is InChI=1S/C12H18FN/c1-2-3-4-9-12(14)10-7-5-6-8-11(10)13/h5-8,12H,2-4,9,14H2,1H3/t12-/m1/s1. The van der Waals surface area contributed by atoms with Crippen LogP contribution in [0.3, 0.4) is 0 Å². The van der Waals surface area contributed by atoms with Gasteiger partial charge in [-0.3, -0.25) is 0 Å². The zero-order valence-electron chi connectivity index (χ0n) is 8.67. The van der Waals surface area contributed by atoms with Crippen molar-refractivity contribution in [1.82, 2.24) is 0 Å². The zero-order valence-corrected chi connectivity index (χ0v) is 8.67. The lowest BCUT2D eigenvalue weighted by Crippen LogP contribution is -2.11. The van der Waals surface area contributed by atoms with Crippen molar-refractivity contribution in [3.8, 4) is 0 Å². The first kappa shape index (κ1) is 11.2. The van der Waals surface area contributed by atoms with E-state index in [1.807, 2.05) is 6.07 Å². The van der Waals surface area contributed by atoms with Gasteiger partial charge in [0.05, 0.1) is 0 Å². The van der Waals surface area contributed by atoms with E-state index in [2.05, 4.69) is 6.92 Å². The maximum Gasteiger partial charge on any atom is 0.127 e. The van der Waals surface area contributed by atoms with Gasteiger partial charge >= 0.3 is 0 Å². The summed E-state index contributed by atoms with van der Waals surface area (Å²) in [5.74, 6) is -0.184. The van der Waals surface area contributed by atoms with Crippen molar-refractivity contribution in [2.45, 2.75) is 38.6 Å². The number of hydrogen-bond acceptors (Lipinski definition) is 1. The lowest BCUT2D eigenvalue weighted by Gasteiger charge is -2.12. The van der Waals surface area contributed by atoms with E-state index in [4.69, 9.17) is 5.73 Å². The molecule has 1 aromatic carbocycles. The second-order valence-electron chi connectivity index (χ2n) is 3.62. The molecular weight excluding hydrogens is 177 g/mol. The predicted octanol–water partition coefficient (Wildman–Crippen LogP) is 3.41. The number of hydrogen-bond donors (Lipinski definition) is 1. The Hall–Kier alpha value is -0.890. The van der Waals surface area contributed by atoms with Crippen LogP contribution in [0.5, 0.6) is 0 Å². The minimum atomic E-state index is -0.184. The first-order valence-electron chi connectivity index (χ1n) is 5.25. The summed E-state index contributed by atoms with van der Waals surface area (Å²) in [6.07, 6.45) is 4.28. The van der Waals surface area contributed by atoms with E-state index < -0.39 is 0 Å². The Morgan fingerprint density at radius 1 is 1.29 bits per heavy atom. The summed E-state index contributed by atoms with van der Waals surface area (Å²) in [5, 5.41) is 0. The van der Waals surface area contributed by atoms with Crippen LogP contribution in [0.1, 0.15) is 44.2 Å². The molecule has 0 spiro atoms. The molecule has 1 rings (SSSR count). The van der Waals surface area contributed by atoms with Crippen LogP contribution in [-0.2, 0) is 0 Å². The highest BCUT2D eigenvalue weighted by molar-refractivity contribution is 5.20. The van der Waals surface area contributed by atoms with Gasteiger partial charge < -0.3 is 5.73 Å². The molecular formula is C12H18FN. The fourth-order valence-electron chi connectivity index (χ4n) is 1.55. The third-order valence-corrected chi connectivity index (χ3v) is 2.42. The highest BCUT2D eigenvalue weighted by atomic mass is 19.1. The van der Waals surface area contributed by atoms with Crippen LogP contribution in [0.25, 0.3) is 0 Å². The molecule has 0 saturated carbocycles. The Kier molecular flexibility index (Phi) is 4.60. The third-order valence-electron chi connectivity index (χ3n) is 2.42. The van der Waals surface area contributed by atoms with Crippen LogP contribution in [0.15, 0.2) is 24.3 Å². The molecule has 0 fully saturated rings. The molecule has 0 heterocycles. The van der Waals surface area contributed by atoms with E-state index in [-0.39, 0.29) is 11.9 Å². The maximum absolute atomic E-state index is 13.3. The first-order valence-corrected chi connectivity index (χ1v) is 5.25. The van der Waals surface area contributed by atoms with E-state index >= 15 is 0 Å². The largest absolute Gasteiger partial charge is 0.324 e. The molecule has 14 heavy (non-hydrogen) atoms. The van der Waals surface area contributed by atoms with Crippen LogP contribution < -0.4 is 5.73 Å². The lowest BCUT2D eigenvalue weighted by atomic mass is 10.0. The summed E-state index contributed by atoms with van der Waals surface area (Å²) < 4.78 is 13.3. The molecule has 2 heteroatoms. The minimum Gasteiger partial charge on any atom is -0.324 e. The van der Waals surface area contributed by atoms with Crippen LogP contribution in [-0.4, -0.2) is 0 Å². The molecule has 78 valence electrons. The van der Waals surface area contributed by atoms with Gasteiger partial charge in [-0.25, -0.2) is 4.39 Å². The normalized spacial score (nSPS) is 12.8. The fraction of sp³-hybridized carbons (Fsp3) is 0.500. The predicted molar refractivity (Wildman–Crippen MR) is 57.5 cm³/mol. The smallest absolute Gasteiger partial charge is 0.127 e. The van der Waals surface area contributed by atoms with Gasteiger partial charge in [0.1, 0.15) is 5.82 Å². The van der Waals surface area contributed by atoms with Crippen molar-refractivity contribution < 1.29 is 4.39 Å². The Morgan fingerprint density at radius 2 is 2.00 bits per heavy atom. The number of unbranched alkanes of at least 4 members (excludes halogenated alkanes) is 2. The summed E-state index contributed by atoms with van der Waals surface area (Å²) >= 11 is 0. The average Bonchev–Trinajstić information content (AvgIpc) is 2.18. The average molecular weight is 195 g/mol. The van der Waals surface area contributed by atoms with Gasteiger partial charge in [-0.1, -0.05) is 44.4 Å². The molecule has 0 saturated heterocycles. The molecule has 2 N–H and O–H groups in total. The van der Waals surface area contributed by atoms with Gasteiger partial charge in [-0.2, -0.15) is 0 Å². The Bertz CT molecular complexity index is 273. The van der Waals surface area contributed by atoms with E-state index in [0.29, 0.717) is 5.56 Å². The Morgan fingerprint density at radius 3 is 2.64 bits per heavy atom. The topological polar surface area (TPSA) is 26.0 Å². The number of benzene rings is 1. The van der Waals surface area contributed by atoms with Gasteiger partial charge in [0.25, 0.3) is 0 Å². The molecule has 0 bridgehead atoms. The van der Waals surface area contributed by atoms with Crippen LogP contribution >= 0.6 is 0 Å². The molecule has 0 aliphatic carbocycles. The molecule has 1 aromatic rings. The number of nitrogens with two attached hydrogens (primary N) is 1. The van der Waals surface area contributed by atoms with Crippen LogP contribution in [0, 0.1) is 5.82 Å². The van der Waals surface area contributed by atoms with Gasteiger partial charge in [0.15, 0.2) is 0 Å². The van der Waals surface area contributed by atoms with Gasteiger partial charge in [-0.15, -0.1) is 0 Å². The van der Waals surface area contributed by atoms with E-state index in [1.165, 1.54) is 18.9 Å². The van der Waals surface area contributed by atoms with Crippen LogP contribution in [0.2, 0.25) is 0 Å². The first-order chi connectivity index (χ1) is 6.75. The van der Waals surface area contributed by atoms with Crippen molar-refractivity contribution >= 4 is 0 Å². The van der Waals surface area contributed by atoms with E-state index in [1.54, 1.807) is 12.1 Å². The Labute approximate surface area is 85.1 Å². The minimum absolute atomic E-state index is 0.150. The molecule has 0 aromatic heterocycles. The van der Waals surface area contributed by atoms with Crippen molar-refractivity contribution in [2.24, 2.45) is 5.73 Å². The number of halogens is 1. The molecule has 0 radical (unpaired) electrons. The van der Waals surface area contributed by atoms with Gasteiger partial charge in [0, 0.05) is 11.6 Å². The Balaban J connectivity index is 2.51. The molecule has 1 nitrogen and oxygen atoms in total. The number of rotatable bonds is 5.